The van der Waals surface area contributed by atoms with Gasteiger partial charge in [-0.25, -0.2) is 4.79 Å². The monoisotopic (exact) mass is 240 g/mol. The molecular weight excluding hydrogens is 228 g/mol. The highest BCUT2D eigenvalue weighted by atomic mass is 32.2. The molecule has 1 rings (SSSR count). The largest absolute Gasteiger partial charge is 0.480 e. The summed E-state index contributed by atoms with van der Waals surface area (Å²) in [5.74, 6) is -1.96. The third-order valence-corrected chi connectivity index (χ3v) is 3.46. The molecular formula is C11H12O4S. The van der Waals surface area contributed by atoms with Gasteiger partial charge >= 0.3 is 11.9 Å². The van der Waals surface area contributed by atoms with Crippen LogP contribution in [0.15, 0.2) is 29.2 Å². The molecule has 1 aromatic carbocycles. The molecule has 0 saturated heterocycles. The zero-order valence-corrected chi connectivity index (χ0v) is 9.53. The second-order valence-electron chi connectivity index (χ2n) is 3.15. The van der Waals surface area contributed by atoms with Gasteiger partial charge in [0.2, 0.25) is 0 Å². The molecule has 16 heavy (non-hydrogen) atoms. The summed E-state index contributed by atoms with van der Waals surface area (Å²) in [5, 5.41) is 17.2. The van der Waals surface area contributed by atoms with E-state index in [0.29, 0.717) is 11.3 Å². The molecule has 4 nitrogen and oxygen atoms in total. The maximum absolute atomic E-state index is 10.9. The van der Waals surface area contributed by atoms with Crippen molar-refractivity contribution >= 4 is 23.7 Å². The summed E-state index contributed by atoms with van der Waals surface area (Å²) in [4.78, 5) is 22.2. The first-order valence-corrected chi connectivity index (χ1v) is 5.66. The van der Waals surface area contributed by atoms with Crippen molar-refractivity contribution in [2.75, 3.05) is 0 Å². The number of carbonyl (C=O) groups is 2. The molecule has 5 heteroatoms. The molecule has 0 unspecified atom stereocenters. The zero-order valence-electron chi connectivity index (χ0n) is 8.71. The lowest BCUT2D eigenvalue weighted by molar-refractivity contribution is -0.136. The molecule has 0 amide bonds. The third kappa shape index (κ3) is 3.00. The molecule has 0 aliphatic heterocycles. The number of aromatic carboxylic acids is 1. The summed E-state index contributed by atoms with van der Waals surface area (Å²) in [6, 6.07) is 6.41. The summed E-state index contributed by atoms with van der Waals surface area (Å²) >= 11 is 1.07. The van der Waals surface area contributed by atoms with Crippen LogP contribution in [0.25, 0.3) is 0 Å². The van der Waals surface area contributed by atoms with E-state index < -0.39 is 17.2 Å². The molecule has 2 N–H and O–H groups in total. The van der Waals surface area contributed by atoms with E-state index >= 15 is 0 Å². The normalized spacial score (nSPS) is 12.1. The van der Waals surface area contributed by atoms with E-state index in [9.17, 15) is 9.59 Å². The maximum Gasteiger partial charge on any atom is 0.336 e. The van der Waals surface area contributed by atoms with Gasteiger partial charge in [0.1, 0.15) is 5.25 Å². The first-order chi connectivity index (χ1) is 7.56. The first-order valence-electron chi connectivity index (χ1n) is 4.78. The van der Waals surface area contributed by atoms with Gasteiger partial charge in [0.05, 0.1) is 5.56 Å². The number of hydrogen-bond donors (Lipinski definition) is 2. The van der Waals surface area contributed by atoms with E-state index in [1.807, 2.05) is 0 Å². The molecule has 0 fully saturated rings. The van der Waals surface area contributed by atoms with Crippen molar-refractivity contribution in [1.82, 2.24) is 0 Å². The van der Waals surface area contributed by atoms with E-state index in [1.165, 1.54) is 6.07 Å². The zero-order chi connectivity index (χ0) is 12.1. The lowest BCUT2D eigenvalue weighted by Crippen LogP contribution is -2.15. The Balaban J connectivity index is 2.95. The van der Waals surface area contributed by atoms with Crippen LogP contribution in [0.3, 0.4) is 0 Å². The van der Waals surface area contributed by atoms with Crippen LogP contribution in [0, 0.1) is 0 Å². The second kappa shape index (κ2) is 5.55. The van der Waals surface area contributed by atoms with Crippen LogP contribution in [-0.2, 0) is 4.79 Å². The highest BCUT2D eigenvalue weighted by molar-refractivity contribution is 8.00. The van der Waals surface area contributed by atoms with Crippen LogP contribution in [0.1, 0.15) is 23.7 Å². The molecule has 0 heterocycles. The Kier molecular flexibility index (Phi) is 4.37. The second-order valence-corrected chi connectivity index (χ2v) is 4.40. The Morgan fingerprint density at radius 3 is 2.44 bits per heavy atom. The molecule has 86 valence electrons. The Morgan fingerprint density at radius 2 is 1.94 bits per heavy atom. The quantitative estimate of drug-likeness (QED) is 0.773. The summed E-state index contributed by atoms with van der Waals surface area (Å²) in [6.07, 6.45) is 0.452. The number of carboxylic acids is 2. The van der Waals surface area contributed by atoms with Gasteiger partial charge in [-0.15, -0.1) is 11.8 Å². The number of aliphatic carboxylic acids is 1. The van der Waals surface area contributed by atoms with Gasteiger partial charge in [-0.3, -0.25) is 4.79 Å². The average molecular weight is 240 g/mol. The standard InChI is InChI=1S/C11H12O4S/c1-2-8(11(14)15)16-9-6-4-3-5-7(9)10(12)13/h3-6,8H,2H2,1H3,(H,12,13)(H,14,15)/t8-/m1/s1. The SMILES string of the molecule is CC[C@@H](Sc1ccccc1C(=O)O)C(=O)O. The summed E-state index contributed by atoms with van der Waals surface area (Å²) in [6.45, 7) is 1.76. The van der Waals surface area contributed by atoms with Crippen LogP contribution in [0.4, 0.5) is 0 Å². The third-order valence-electron chi connectivity index (χ3n) is 2.03. The number of hydrogen-bond acceptors (Lipinski definition) is 3. The lowest BCUT2D eigenvalue weighted by atomic mass is 10.2. The smallest absolute Gasteiger partial charge is 0.336 e. The predicted octanol–water partition coefficient (Wildman–Crippen LogP) is 2.34. The molecule has 0 bridgehead atoms. The number of thioether (sulfide) groups is 1. The van der Waals surface area contributed by atoms with Crippen molar-refractivity contribution in [3.8, 4) is 0 Å². The molecule has 0 spiro atoms. The maximum atomic E-state index is 10.9. The van der Waals surface area contributed by atoms with Crippen LogP contribution in [-0.4, -0.2) is 27.4 Å². The van der Waals surface area contributed by atoms with Crippen molar-refractivity contribution in [1.29, 1.82) is 0 Å². The Bertz CT molecular complexity index is 403. The van der Waals surface area contributed by atoms with Crippen LogP contribution < -0.4 is 0 Å². The van der Waals surface area contributed by atoms with Crippen LogP contribution >= 0.6 is 11.8 Å². The highest BCUT2D eigenvalue weighted by Crippen LogP contribution is 2.28. The molecule has 1 atom stereocenters. The Morgan fingerprint density at radius 1 is 1.31 bits per heavy atom. The highest BCUT2D eigenvalue weighted by Gasteiger charge is 2.19. The molecule has 0 aliphatic carbocycles. The van der Waals surface area contributed by atoms with Gasteiger partial charge < -0.3 is 10.2 Å². The van der Waals surface area contributed by atoms with Gasteiger partial charge in [0, 0.05) is 4.90 Å². The van der Waals surface area contributed by atoms with Crippen molar-refractivity contribution < 1.29 is 19.8 Å². The minimum absolute atomic E-state index is 0.146. The Hall–Kier alpha value is -1.49. The fraction of sp³-hybridized carbons (Fsp3) is 0.273. The van der Waals surface area contributed by atoms with Gasteiger partial charge in [-0.2, -0.15) is 0 Å². The number of carboxylic acid groups (broad SMARTS) is 2. The van der Waals surface area contributed by atoms with Crippen molar-refractivity contribution in [3.05, 3.63) is 29.8 Å². The summed E-state index contributed by atoms with van der Waals surface area (Å²) in [7, 11) is 0. The van der Waals surface area contributed by atoms with E-state index in [4.69, 9.17) is 10.2 Å². The van der Waals surface area contributed by atoms with Gasteiger partial charge in [0.25, 0.3) is 0 Å². The number of benzene rings is 1. The van der Waals surface area contributed by atoms with Gasteiger partial charge in [0.15, 0.2) is 0 Å². The van der Waals surface area contributed by atoms with Crippen molar-refractivity contribution in [2.24, 2.45) is 0 Å². The first kappa shape index (κ1) is 12.6. The fourth-order valence-electron chi connectivity index (χ4n) is 1.21. The van der Waals surface area contributed by atoms with Crippen LogP contribution in [0.2, 0.25) is 0 Å². The molecule has 0 aromatic heterocycles. The fourth-order valence-corrected chi connectivity index (χ4v) is 2.22. The van der Waals surface area contributed by atoms with E-state index in [2.05, 4.69) is 0 Å². The minimum Gasteiger partial charge on any atom is -0.480 e. The molecule has 1 aromatic rings. The Labute approximate surface area is 97.3 Å². The molecule has 0 saturated carbocycles. The van der Waals surface area contributed by atoms with Crippen LogP contribution in [0.5, 0.6) is 0 Å². The summed E-state index contributed by atoms with van der Waals surface area (Å²) in [5.41, 5.74) is 0.146. The van der Waals surface area contributed by atoms with Gasteiger partial charge in [-0.1, -0.05) is 19.1 Å². The van der Waals surface area contributed by atoms with Crippen molar-refractivity contribution in [3.63, 3.8) is 0 Å². The number of rotatable bonds is 5. The topological polar surface area (TPSA) is 74.6 Å². The minimum atomic E-state index is -1.04. The van der Waals surface area contributed by atoms with E-state index in [1.54, 1.807) is 25.1 Å². The van der Waals surface area contributed by atoms with Gasteiger partial charge in [-0.05, 0) is 18.6 Å². The summed E-state index contributed by atoms with van der Waals surface area (Å²) < 4.78 is 0. The van der Waals surface area contributed by atoms with E-state index in [0.717, 1.165) is 11.8 Å². The molecule has 0 radical (unpaired) electrons. The molecule has 0 aliphatic rings. The average Bonchev–Trinajstić information content (AvgIpc) is 2.25. The predicted molar refractivity (Wildman–Crippen MR) is 61.0 cm³/mol. The van der Waals surface area contributed by atoms with E-state index in [-0.39, 0.29) is 5.56 Å². The van der Waals surface area contributed by atoms with Crippen molar-refractivity contribution in [2.45, 2.75) is 23.5 Å². The lowest BCUT2D eigenvalue weighted by Gasteiger charge is -2.10.